The second-order valence-corrected chi connectivity index (χ2v) is 1.84. The monoisotopic (exact) mass is 142 g/mol. The smallest absolute Gasteiger partial charge is 0.120 e. The van der Waals surface area contributed by atoms with Gasteiger partial charge in [0.05, 0.1) is 0 Å². The lowest BCUT2D eigenvalue weighted by Crippen LogP contribution is -2.03. The summed E-state index contributed by atoms with van der Waals surface area (Å²) in [7, 11) is 0. The molecule has 0 amide bonds. The first-order valence-electron chi connectivity index (χ1n) is 2.98. The maximum Gasteiger partial charge on any atom is 0.120 e. The molecule has 0 fully saturated rings. The van der Waals surface area contributed by atoms with Crippen molar-refractivity contribution >= 4 is 0 Å². The average Bonchev–Trinajstić information content (AvgIpc) is 1.99. The molecule has 0 saturated carbocycles. The summed E-state index contributed by atoms with van der Waals surface area (Å²) in [6.45, 7) is 8.54. The van der Waals surface area contributed by atoms with Crippen molar-refractivity contribution in [3.63, 3.8) is 0 Å². The maximum absolute atomic E-state index is 11.5. The van der Waals surface area contributed by atoms with Crippen molar-refractivity contribution in [2.24, 2.45) is 0 Å². The van der Waals surface area contributed by atoms with Gasteiger partial charge in [-0.2, -0.15) is 4.94 Å². The van der Waals surface area contributed by atoms with Crippen LogP contribution in [0, 0.1) is 0 Å². The molecule has 0 aromatic heterocycles. The molecule has 0 saturated heterocycles. The Hall–Kier alpha value is -0.890. The van der Waals surface area contributed by atoms with E-state index in [1.807, 2.05) is 0 Å². The highest BCUT2D eigenvalue weighted by Gasteiger charge is 2.03. The van der Waals surface area contributed by atoms with Crippen molar-refractivity contribution in [1.29, 1.82) is 0 Å². The first kappa shape index (κ1) is 9.11. The molecular formula is C8H11FO. The Morgan fingerprint density at radius 3 is 2.50 bits per heavy atom. The van der Waals surface area contributed by atoms with Crippen molar-refractivity contribution in [2.75, 3.05) is 0 Å². The van der Waals surface area contributed by atoms with Gasteiger partial charge in [-0.1, -0.05) is 31.4 Å². The van der Waals surface area contributed by atoms with Gasteiger partial charge in [0.15, 0.2) is 0 Å². The number of halogens is 1. The standard InChI is InChI=1S/C8H11FO/c1-4-6-8(5-2)7(3)10-9/h4-7H,1-2H2,3H3/b8-6+. The summed E-state index contributed by atoms with van der Waals surface area (Å²) in [6.07, 6.45) is 4.19. The molecule has 1 nitrogen and oxygen atoms in total. The zero-order valence-electron chi connectivity index (χ0n) is 6.01. The molecule has 0 spiro atoms. The minimum atomic E-state index is -0.560. The van der Waals surface area contributed by atoms with E-state index < -0.39 is 6.10 Å². The van der Waals surface area contributed by atoms with Crippen LogP contribution in [0.3, 0.4) is 0 Å². The van der Waals surface area contributed by atoms with Crippen molar-refractivity contribution in [1.82, 2.24) is 0 Å². The largest absolute Gasteiger partial charge is 0.186 e. The molecule has 0 radical (unpaired) electrons. The Balaban J connectivity index is 4.18. The third-order valence-corrected chi connectivity index (χ3v) is 1.15. The van der Waals surface area contributed by atoms with Crippen LogP contribution in [0.5, 0.6) is 0 Å². The molecule has 0 aliphatic heterocycles. The summed E-state index contributed by atoms with van der Waals surface area (Å²) in [6, 6.07) is 0. The van der Waals surface area contributed by atoms with Crippen LogP contribution in [0.2, 0.25) is 0 Å². The van der Waals surface area contributed by atoms with E-state index in [-0.39, 0.29) is 0 Å². The van der Waals surface area contributed by atoms with Gasteiger partial charge in [-0.15, -0.1) is 0 Å². The van der Waals surface area contributed by atoms with Crippen LogP contribution in [0.4, 0.5) is 4.53 Å². The Bertz CT molecular complexity index is 149. The van der Waals surface area contributed by atoms with Gasteiger partial charge < -0.3 is 0 Å². The summed E-state index contributed by atoms with van der Waals surface area (Å²) in [5.74, 6) is 0. The average molecular weight is 142 g/mol. The molecule has 2 heteroatoms. The SMILES string of the molecule is C=C/C=C(\C=C)C(C)OF. The van der Waals surface area contributed by atoms with Crippen molar-refractivity contribution in [2.45, 2.75) is 13.0 Å². The maximum atomic E-state index is 11.5. The number of hydrogen-bond acceptors (Lipinski definition) is 1. The first-order valence-corrected chi connectivity index (χ1v) is 2.98. The van der Waals surface area contributed by atoms with E-state index >= 15 is 0 Å². The molecule has 1 atom stereocenters. The van der Waals surface area contributed by atoms with E-state index in [0.717, 1.165) is 0 Å². The van der Waals surface area contributed by atoms with Gasteiger partial charge in [-0.25, -0.2) is 0 Å². The molecule has 10 heavy (non-hydrogen) atoms. The summed E-state index contributed by atoms with van der Waals surface area (Å²) >= 11 is 0. The van der Waals surface area contributed by atoms with Crippen LogP contribution in [-0.4, -0.2) is 6.10 Å². The lowest BCUT2D eigenvalue weighted by atomic mass is 10.1. The van der Waals surface area contributed by atoms with E-state index in [4.69, 9.17) is 0 Å². The Morgan fingerprint density at radius 2 is 2.20 bits per heavy atom. The van der Waals surface area contributed by atoms with Crippen LogP contribution in [0.1, 0.15) is 6.92 Å². The molecule has 1 unspecified atom stereocenters. The van der Waals surface area contributed by atoms with Crippen molar-refractivity contribution < 1.29 is 9.47 Å². The number of allylic oxidation sites excluding steroid dienone is 2. The summed E-state index contributed by atoms with van der Waals surface area (Å²) in [5, 5.41) is 0. The second-order valence-electron chi connectivity index (χ2n) is 1.84. The van der Waals surface area contributed by atoms with Crippen LogP contribution in [0.15, 0.2) is 37.0 Å². The summed E-state index contributed by atoms with van der Waals surface area (Å²) in [4.78, 5) is 3.57. The van der Waals surface area contributed by atoms with Crippen molar-refractivity contribution in [3.8, 4) is 0 Å². The molecule has 0 aromatic carbocycles. The van der Waals surface area contributed by atoms with Gasteiger partial charge in [0, 0.05) is 0 Å². The van der Waals surface area contributed by atoms with Crippen molar-refractivity contribution in [3.05, 3.63) is 37.0 Å². The normalized spacial score (nSPS) is 14.4. The summed E-state index contributed by atoms with van der Waals surface area (Å²) in [5.41, 5.74) is 0.678. The fraction of sp³-hybridized carbons (Fsp3) is 0.250. The third kappa shape index (κ3) is 2.60. The predicted molar refractivity (Wildman–Crippen MR) is 40.1 cm³/mol. The Morgan fingerprint density at radius 1 is 1.60 bits per heavy atom. The van der Waals surface area contributed by atoms with E-state index in [2.05, 4.69) is 18.1 Å². The molecule has 0 rings (SSSR count). The molecule has 0 aromatic rings. The molecular weight excluding hydrogens is 131 g/mol. The Kier molecular flexibility index (Phi) is 4.50. The molecule has 0 N–H and O–H groups in total. The molecule has 0 aliphatic rings. The van der Waals surface area contributed by atoms with Gasteiger partial charge in [-0.3, -0.25) is 0 Å². The van der Waals surface area contributed by atoms with E-state index in [9.17, 15) is 4.53 Å². The number of rotatable bonds is 4. The first-order chi connectivity index (χ1) is 4.76. The summed E-state index contributed by atoms with van der Waals surface area (Å²) < 4.78 is 11.5. The molecule has 0 heterocycles. The van der Waals surface area contributed by atoms with Gasteiger partial charge in [0.25, 0.3) is 0 Å². The van der Waals surface area contributed by atoms with Gasteiger partial charge >= 0.3 is 0 Å². The second kappa shape index (κ2) is 4.94. The van der Waals surface area contributed by atoms with E-state index in [1.54, 1.807) is 19.1 Å². The lowest BCUT2D eigenvalue weighted by Gasteiger charge is -2.04. The van der Waals surface area contributed by atoms with E-state index in [1.165, 1.54) is 6.08 Å². The van der Waals surface area contributed by atoms with Gasteiger partial charge in [-0.05, 0) is 17.0 Å². The van der Waals surface area contributed by atoms with E-state index in [0.29, 0.717) is 5.57 Å². The minimum absolute atomic E-state index is 0.560. The molecule has 0 bridgehead atoms. The lowest BCUT2D eigenvalue weighted by molar-refractivity contribution is -0.158. The van der Waals surface area contributed by atoms with Gasteiger partial charge in [0.2, 0.25) is 0 Å². The number of hydrogen-bond donors (Lipinski definition) is 0. The minimum Gasteiger partial charge on any atom is -0.186 e. The zero-order chi connectivity index (χ0) is 7.98. The third-order valence-electron chi connectivity index (χ3n) is 1.15. The zero-order valence-corrected chi connectivity index (χ0v) is 6.01. The Labute approximate surface area is 60.4 Å². The molecule has 56 valence electrons. The van der Waals surface area contributed by atoms with Crippen LogP contribution in [-0.2, 0) is 4.94 Å². The van der Waals surface area contributed by atoms with Crippen LogP contribution < -0.4 is 0 Å². The fourth-order valence-electron chi connectivity index (χ4n) is 0.557. The highest BCUT2D eigenvalue weighted by Crippen LogP contribution is 2.07. The van der Waals surface area contributed by atoms with Gasteiger partial charge in [0.1, 0.15) is 6.10 Å². The highest BCUT2D eigenvalue weighted by molar-refractivity contribution is 5.24. The predicted octanol–water partition coefficient (Wildman–Crippen LogP) is 2.57. The molecule has 0 aliphatic carbocycles. The fourth-order valence-corrected chi connectivity index (χ4v) is 0.557. The highest BCUT2D eigenvalue weighted by atomic mass is 19.3. The van der Waals surface area contributed by atoms with Crippen LogP contribution >= 0.6 is 0 Å². The quantitative estimate of drug-likeness (QED) is 0.548. The topological polar surface area (TPSA) is 9.23 Å². The van der Waals surface area contributed by atoms with Crippen LogP contribution in [0.25, 0.3) is 0 Å².